The minimum Gasteiger partial charge on any atom is -0.356 e. The molecule has 0 unspecified atom stereocenters. The Hall–Kier alpha value is -2.89. The Labute approximate surface area is 142 Å². The summed E-state index contributed by atoms with van der Waals surface area (Å²) in [7, 11) is 1.73. The third kappa shape index (κ3) is 6.08. The second-order valence-electron chi connectivity index (χ2n) is 5.16. The number of guanidine groups is 1. The second-order valence-corrected chi connectivity index (χ2v) is 5.16. The van der Waals surface area contributed by atoms with Gasteiger partial charge in [0.15, 0.2) is 5.96 Å². The summed E-state index contributed by atoms with van der Waals surface area (Å²) in [6, 6.07) is 13.8. The van der Waals surface area contributed by atoms with Crippen molar-refractivity contribution in [2.45, 2.75) is 6.42 Å². The van der Waals surface area contributed by atoms with Gasteiger partial charge in [-0.05, 0) is 24.1 Å². The number of amides is 1. The zero-order chi connectivity index (χ0) is 17.0. The van der Waals surface area contributed by atoms with Crippen molar-refractivity contribution in [2.24, 2.45) is 4.99 Å². The number of carbonyl (C=O) groups is 1. The van der Waals surface area contributed by atoms with Gasteiger partial charge in [0.05, 0.1) is 5.56 Å². The van der Waals surface area contributed by atoms with Gasteiger partial charge in [-0.2, -0.15) is 0 Å². The van der Waals surface area contributed by atoms with E-state index in [9.17, 15) is 4.79 Å². The molecule has 0 saturated carbocycles. The summed E-state index contributed by atoms with van der Waals surface area (Å²) in [5.74, 6) is 0.596. The zero-order valence-electron chi connectivity index (χ0n) is 13.8. The van der Waals surface area contributed by atoms with Gasteiger partial charge in [-0.1, -0.05) is 30.3 Å². The molecule has 1 heterocycles. The van der Waals surface area contributed by atoms with E-state index < -0.39 is 0 Å². The molecule has 24 heavy (non-hydrogen) atoms. The Morgan fingerprint density at radius 2 is 1.75 bits per heavy atom. The fourth-order valence-corrected chi connectivity index (χ4v) is 2.15. The van der Waals surface area contributed by atoms with E-state index in [4.69, 9.17) is 0 Å². The van der Waals surface area contributed by atoms with Crippen LogP contribution in [0, 0.1) is 0 Å². The van der Waals surface area contributed by atoms with Gasteiger partial charge >= 0.3 is 0 Å². The van der Waals surface area contributed by atoms with Gasteiger partial charge in [0.25, 0.3) is 5.91 Å². The Morgan fingerprint density at radius 1 is 1.00 bits per heavy atom. The van der Waals surface area contributed by atoms with Crippen LogP contribution in [0.25, 0.3) is 0 Å². The van der Waals surface area contributed by atoms with Crippen LogP contribution in [0.4, 0.5) is 0 Å². The van der Waals surface area contributed by atoms with Gasteiger partial charge in [0.1, 0.15) is 0 Å². The highest BCUT2D eigenvalue weighted by molar-refractivity contribution is 5.93. The van der Waals surface area contributed by atoms with E-state index in [1.807, 2.05) is 18.2 Å². The molecule has 1 aromatic heterocycles. The van der Waals surface area contributed by atoms with Gasteiger partial charge in [-0.25, -0.2) is 0 Å². The van der Waals surface area contributed by atoms with E-state index >= 15 is 0 Å². The quantitative estimate of drug-likeness (QED) is 0.406. The van der Waals surface area contributed by atoms with Crippen molar-refractivity contribution in [3.8, 4) is 0 Å². The predicted octanol–water partition coefficient (Wildman–Crippen LogP) is 1.22. The Balaban J connectivity index is 1.62. The van der Waals surface area contributed by atoms with Crippen molar-refractivity contribution >= 4 is 11.9 Å². The molecule has 6 heteroatoms. The maximum absolute atomic E-state index is 11.9. The third-order valence-electron chi connectivity index (χ3n) is 3.40. The summed E-state index contributed by atoms with van der Waals surface area (Å²) in [6.45, 7) is 1.90. The van der Waals surface area contributed by atoms with E-state index in [0.29, 0.717) is 18.7 Å². The standard InChI is InChI=1S/C18H23N5O/c1-19-18(22-11-9-15-6-3-2-4-7-15)23-13-12-21-17(24)16-8-5-10-20-14-16/h2-8,10,14H,9,11-13H2,1H3,(H,21,24)(H2,19,22,23). The minimum atomic E-state index is -0.128. The molecule has 0 aliphatic carbocycles. The molecule has 0 radical (unpaired) electrons. The number of nitrogens with zero attached hydrogens (tertiary/aromatic N) is 2. The van der Waals surface area contributed by atoms with Gasteiger partial charge in [-0.3, -0.25) is 14.8 Å². The smallest absolute Gasteiger partial charge is 0.252 e. The molecule has 126 valence electrons. The Morgan fingerprint density at radius 3 is 2.46 bits per heavy atom. The number of nitrogens with one attached hydrogen (secondary N) is 3. The Bertz CT molecular complexity index is 643. The average molecular weight is 325 g/mol. The molecule has 6 nitrogen and oxygen atoms in total. The number of hydrogen-bond acceptors (Lipinski definition) is 3. The number of aromatic nitrogens is 1. The average Bonchev–Trinajstić information content (AvgIpc) is 2.65. The number of hydrogen-bond donors (Lipinski definition) is 3. The van der Waals surface area contributed by atoms with Crippen LogP contribution >= 0.6 is 0 Å². The molecule has 0 spiro atoms. The van der Waals surface area contributed by atoms with Crippen LogP contribution in [-0.2, 0) is 6.42 Å². The molecule has 0 bridgehead atoms. The lowest BCUT2D eigenvalue weighted by atomic mass is 10.1. The molecular weight excluding hydrogens is 302 g/mol. The first-order valence-electron chi connectivity index (χ1n) is 7.96. The Kier molecular flexibility index (Phi) is 7.27. The highest BCUT2D eigenvalue weighted by atomic mass is 16.1. The summed E-state index contributed by atoms with van der Waals surface area (Å²) in [6.07, 6.45) is 4.12. The van der Waals surface area contributed by atoms with Crippen molar-refractivity contribution in [1.29, 1.82) is 0 Å². The van der Waals surface area contributed by atoms with Crippen LogP contribution in [-0.4, -0.2) is 43.5 Å². The second kappa shape index (κ2) is 9.99. The fourth-order valence-electron chi connectivity index (χ4n) is 2.15. The molecule has 1 amide bonds. The first kappa shape index (κ1) is 17.5. The first-order chi connectivity index (χ1) is 11.8. The first-order valence-corrected chi connectivity index (χ1v) is 7.96. The maximum Gasteiger partial charge on any atom is 0.252 e. The van der Waals surface area contributed by atoms with Crippen LogP contribution in [0.3, 0.4) is 0 Å². The molecular formula is C18H23N5O. The monoisotopic (exact) mass is 325 g/mol. The summed E-state index contributed by atoms with van der Waals surface area (Å²) < 4.78 is 0. The number of rotatable bonds is 7. The summed E-state index contributed by atoms with van der Waals surface area (Å²) in [5.41, 5.74) is 1.84. The zero-order valence-corrected chi connectivity index (χ0v) is 13.8. The van der Waals surface area contributed by atoms with E-state index in [0.717, 1.165) is 18.9 Å². The van der Waals surface area contributed by atoms with E-state index in [-0.39, 0.29) is 5.91 Å². The number of benzene rings is 1. The number of aliphatic imine (C=N–C) groups is 1. The lowest BCUT2D eigenvalue weighted by molar-refractivity contribution is 0.0954. The maximum atomic E-state index is 11.9. The van der Waals surface area contributed by atoms with Crippen LogP contribution in [0.15, 0.2) is 59.9 Å². The molecule has 0 aliphatic heterocycles. The summed E-state index contributed by atoms with van der Waals surface area (Å²) in [5, 5.41) is 9.26. The van der Waals surface area contributed by atoms with Crippen molar-refractivity contribution in [2.75, 3.05) is 26.7 Å². The molecule has 0 saturated heterocycles. The summed E-state index contributed by atoms with van der Waals surface area (Å²) >= 11 is 0. The fraction of sp³-hybridized carbons (Fsp3) is 0.278. The predicted molar refractivity (Wildman–Crippen MR) is 96.1 cm³/mol. The largest absolute Gasteiger partial charge is 0.356 e. The molecule has 0 atom stereocenters. The lowest BCUT2D eigenvalue weighted by Gasteiger charge is -2.12. The number of carbonyl (C=O) groups excluding carboxylic acids is 1. The van der Waals surface area contributed by atoms with Crippen LogP contribution < -0.4 is 16.0 Å². The number of pyridine rings is 1. The van der Waals surface area contributed by atoms with Crippen molar-refractivity contribution in [3.63, 3.8) is 0 Å². The van der Waals surface area contributed by atoms with E-state index in [1.54, 1.807) is 31.6 Å². The summed E-state index contributed by atoms with van der Waals surface area (Å²) in [4.78, 5) is 20.0. The van der Waals surface area contributed by atoms with E-state index in [1.165, 1.54) is 5.56 Å². The van der Waals surface area contributed by atoms with E-state index in [2.05, 4.69) is 38.1 Å². The van der Waals surface area contributed by atoms with Crippen molar-refractivity contribution in [1.82, 2.24) is 20.9 Å². The molecule has 0 aliphatic rings. The topological polar surface area (TPSA) is 78.4 Å². The highest BCUT2D eigenvalue weighted by Gasteiger charge is 2.04. The van der Waals surface area contributed by atoms with Gasteiger partial charge < -0.3 is 16.0 Å². The van der Waals surface area contributed by atoms with Crippen LogP contribution in [0.2, 0.25) is 0 Å². The molecule has 0 fully saturated rings. The molecule has 3 N–H and O–H groups in total. The van der Waals surface area contributed by atoms with Crippen LogP contribution in [0.1, 0.15) is 15.9 Å². The van der Waals surface area contributed by atoms with Gasteiger partial charge in [0, 0.05) is 39.1 Å². The van der Waals surface area contributed by atoms with Crippen molar-refractivity contribution in [3.05, 3.63) is 66.0 Å². The molecule has 2 aromatic rings. The van der Waals surface area contributed by atoms with Crippen LogP contribution in [0.5, 0.6) is 0 Å². The minimum absolute atomic E-state index is 0.128. The molecule has 1 aromatic carbocycles. The normalized spacial score (nSPS) is 11.0. The van der Waals surface area contributed by atoms with Gasteiger partial charge in [0.2, 0.25) is 0 Å². The van der Waals surface area contributed by atoms with Gasteiger partial charge in [-0.15, -0.1) is 0 Å². The lowest BCUT2D eigenvalue weighted by Crippen LogP contribution is -2.42. The SMILES string of the molecule is CN=C(NCCNC(=O)c1cccnc1)NCCc1ccccc1. The van der Waals surface area contributed by atoms with Crippen molar-refractivity contribution < 1.29 is 4.79 Å². The molecule has 2 rings (SSSR count). The highest BCUT2D eigenvalue weighted by Crippen LogP contribution is 1.98. The third-order valence-corrected chi connectivity index (χ3v) is 3.40.